The molecule has 4 heteroatoms. The minimum absolute atomic E-state index is 0.0837. The Morgan fingerprint density at radius 3 is 2.89 bits per heavy atom. The molecule has 1 fully saturated rings. The maximum absolute atomic E-state index is 12.7. The maximum Gasteiger partial charge on any atom is 0.171 e. The fourth-order valence-corrected chi connectivity index (χ4v) is 2.59. The van der Waals surface area contributed by atoms with E-state index in [2.05, 4.69) is 17.2 Å². The molecule has 0 spiro atoms. The monoisotopic (exact) mass is 262 g/mol. The van der Waals surface area contributed by atoms with E-state index in [1.54, 1.807) is 12.4 Å². The molecule has 1 aliphatic heterocycles. The predicted octanol–water partition coefficient (Wildman–Crippen LogP) is 2.44. The maximum atomic E-state index is 12.7. The molecule has 1 saturated heterocycles. The Bertz CT molecular complexity index is 451. The number of Topliss-reactive ketones (excluding diaryl/α,β-unsaturated/α-hetero) is 1. The van der Waals surface area contributed by atoms with Gasteiger partial charge in [-0.2, -0.15) is 0 Å². The van der Waals surface area contributed by atoms with Gasteiger partial charge in [-0.1, -0.05) is 6.92 Å². The number of hydrogen-bond acceptors (Lipinski definition) is 4. The van der Waals surface area contributed by atoms with E-state index in [-0.39, 0.29) is 17.3 Å². The van der Waals surface area contributed by atoms with Crippen molar-refractivity contribution >= 4 is 5.78 Å². The number of carbonyl (C=O) groups excluding carboxylic acids is 1. The summed E-state index contributed by atoms with van der Waals surface area (Å²) >= 11 is 0. The van der Waals surface area contributed by atoms with Gasteiger partial charge in [0.1, 0.15) is 5.75 Å². The molecule has 1 atom stereocenters. The first kappa shape index (κ1) is 14.0. The summed E-state index contributed by atoms with van der Waals surface area (Å²) in [5.74, 6) is 0.847. The van der Waals surface area contributed by atoms with Crippen molar-refractivity contribution in [1.82, 2.24) is 10.3 Å². The van der Waals surface area contributed by atoms with Crippen molar-refractivity contribution in [1.29, 1.82) is 0 Å². The van der Waals surface area contributed by atoms with E-state index in [1.165, 1.54) is 0 Å². The normalized spacial score (nSPS) is 22.7. The Kier molecular flexibility index (Phi) is 4.20. The fourth-order valence-electron chi connectivity index (χ4n) is 2.59. The first-order chi connectivity index (χ1) is 9.07. The summed E-state index contributed by atoms with van der Waals surface area (Å²) in [6, 6.07) is 1.81. The average molecular weight is 262 g/mol. The van der Waals surface area contributed by atoms with Crippen molar-refractivity contribution in [3.8, 4) is 5.75 Å². The zero-order valence-corrected chi connectivity index (χ0v) is 11.9. The highest BCUT2D eigenvalue weighted by Crippen LogP contribution is 2.33. The van der Waals surface area contributed by atoms with E-state index in [9.17, 15) is 4.79 Å². The van der Waals surface area contributed by atoms with Gasteiger partial charge in [0, 0.05) is 23.7 Å². The van der Waals surface area contributed by atoms with Crippen LogP contribution in [0, 0.1) is 5.41 Å². The van der Waals surface area contributed by atoms with E-state index in [1.807, 2.05) is 19.9 Å². The Labute approximate surface area is 114 Å². The zero-order chi connectivity index (χ0) is 13.9. The van der Waals surface area contributed by atoms with Crippen LogP contribution >= 0.6 is 0 Å². The summed E-state index contributed by atoms with van der Waals surface area (Å²) in [5.41, 5.74) is 0.390. The molecule has 0 bridgehead atoms. The van der Waals surface area contributed by atoms with Crippen LogP contribution in [0.2, 0.25) is 0 Å². The highest BCUT2D eigenvalue weighted by molar-refractivity contribution is 6.01. The second-order valence-electron chi connectivity index (χ2n) is 5.47. The van der Waals surface area contributed by atoms with Gasteiger partial charge in [0.05, 0.1) is 12.3 Å². The molecule has 1 N–H and O–H groups in total. The van der Waals surface area contributed by atoms with Crippen LogP contribution in [-0.2, 0) is 0 Å². The Hall–Kier alpha value is -1.42. The molecule has 2 heterocycles. The third kappa shape index (κ3) is 2.95. The number of ether oxygens (including phenoxy) is 1. The molecule has 0 saturated carbocycles. The molecule has 0 amide bonds. The molecular weight excluding hydrogens is 240 g/mol. The first-order valence-electron chi connectivity index (χ1n) is 6.94. The van der Waals surface area contributed by atoms with Crippen LogP contribution < -0.4 is 10.1 Å². The minimum Gasteiger partial charge on any atom is -0.489 e. The molecule has 2 rings (SSSR count). The van der Waals surface area contributed by atoms with Crippen LogP contribution in [0.4, 0.5) is 0 Å². The summed E-state index contributed by atoms with van der Waals surface area (Å²) in [7, 11) is 0. The molecular formula is C15H22N2O2. The lowest BCUT2D eigenvalue weighted by molar-refractivity contribution is 0.0809. The second-order valence-corrected chi connectivity index (χ2v) is 5.47. The molecule has 0 aromatic carbocycles. The van der Waals surface area contributed by atoms with Crippen LogP contribution in [0.3, 0.4) is 0 Å². The van der Waals surface area contributed by atoms with Crippen molar-refractivity contribution in [2.75, 3.05) is 13.1 Å². The van der Waals surface area contributed by atoms with E-state index in [4.69, 9.17) is 4.74 Å². The van der Waals surface area contributed by atoms with E-state index >= 15 is 0 Å². The zero-order valence-electron chi connectivity index (χ0n) is 11.9. The predicted molar refractivity (Wildman–Crippen MR) is 74.5 cm³/mol. The van der Waals surface area contributed by atoms with E-state index < -0.39 is 0 Å². The van der Waals surface area contributed by atoms with Gasteiger partial charge >= 0.3 is 0 Å². The third-order valence-corrected chi connectivity index (χ3v) is 3.75. The third-order valence-electron chi connectivity index (χ3n) is 3.75. The fraction of sp³-hybridized carbons (Fsp3) is 0.600. The van der Waals surface area contributed by atoms with Crippen LogP contribution in [-0.4, -0.2) is 30.0 Å². The van der Waals surface area contributed by atoms with Crippen LogP contribution in [0.1, 0.15) is 44.0 Å². The van der Waals surface area contributed by atoms with Crippen LogP contribution in [0.15, 0.2) is 18.5 Å². The van der Waals surface area contributed by atoms with Crippen molar-refractivity contribution in [2.45, 2.75) is 39.7 Å². The van der Waals surface area contributed by atoms with Gasteiger partial charge < -0.3 is 10.1 Å². The molecule has 0 radical (unpaired) electrons. The van der Waals surface area contributed by atoms with Crippen molar-refractivity contribution in [2.24, 2.45) is 5.41 Å². The molecule has 0 aliphatic carbocycles. The lowest BCUT2D eigenvalue weighted by Gasteiger charge is -2.24. The van der Waals surface area contributed by atoms with Crippen molar-refractivity contribution < 1.29 is 9.53 Å². The lowest BCUT2D eigenvalue weighted by Crippen LogP contribution is -2.33. The first-order valence-corrected chi connectivity index (χ1v) is 6.94. The van der Waals surface area contributed by atoms with Gasteiger partial charge in [-0.3, -0.25) is 9.78 Å². The lowest BCUT2D eigenvalue weighted by atomic mass is 9.77. The number of nitrogens with zero attached hydrogens (tertiary/aromatic N) is 1. The molecule has 1 unspecified atom stereocenters. The number of nitrogens with one attached hydrogen (secondary N) is 1. The SMILES string of the molecule is CCC1(C(=O)c2cncc(OC(C)C)c2)CCNC1. The van der Waals surface area contributed by atoms with Gasteiger partial charge in [0.2, 0.25) is 0 Å². The molecule has 19 heavy (non-hydrogen) atoms. The average Bonchev–Trinajstić information content (AvgIpc) is 2.87. The smallest absolute Gasteiger partial charge is 0.171 e. The summed E-state index contributed by atoms with van der Waals surface area (Å²) < 4.78 is 5.60. The Morgan fingerprint density at radius 1 is 1.53 bits per heavy atom. The largest absolute Gasteiger partial charge is 0.489 e. The molecule has 1 aromatic heterocycles. The van der Waals surface area contributed by atoms with E-state index in [0.717, 1.165) is 25.9 Å². The number of hydrogen-bond donors (Lipinski definition) is 1. The Balaban J connectivity index is 2.23. The number of pyridine rings is 1. The summed E-state index contributed by atoms with van der Waals surface area (Å²) in [6.45, 7) is 7.67. The van der Waals surface area contributed by atoms with Gasteiger partial charge in [-0.25, -0.2) is 0 Å². The van der Waals surface area contributed by atoms with Crippen LogP contribution in [0.5, 0.6) is 5.75 Å². The molecule has 4 nitrogen and oxygen atoms in total. The van der Waals surface area contributed by atoms with Gasteiger partial charge in [-0.15, -0.1) is 0 Å². The number of aromatic nitrogens is 1. The summed E-state index contributed by atoms with van der Waals surface area (Å²) in [6.07, 6.45) is 5.14. The topological polar surface area (TPSA) is 51.2 Å². The minimum atomic E-state index is -0.266. The number of rotatable bonds is 5. The second kappa shape index (κ2) is 5.70. The van der Waals surface area contributed by atoms with Crippen LogP contribution in [0.25, 0.3) is 0 Å². The molecule has 1 aliphatic rings. The highest BCUT2D eigenvalue weighted by Gasteiger charge is 2.39. The van der Waals surface area contributed by atoms with Gasteiger partial charge in [0.15, 0.2) is 5.78 Å². The standard InChI is InChI=1S/C15H22N2O2/c1-4-15(5-6-16-10-15)14(18)12-7-13(9-17-8-12)19-11(2)3/h7-9,11,16H,4-6,10H2,1-3H3. The van der Waals surface area contributed by atoms with Crippen molar-refractivity contribution in [3.05, 3.63) is 24.0 Å². The highest BCUT2D eigenvalue weighted by atomic mass is 16.5. The van der Waals surface area contributed by atoms with Gasteiger partial charge in [-0.05, 0) is 39.3 Å². The summed E-state index contributed by atoms with van der Waals surface area (Å²) in [5, 5.41) is 3.29. The molecule has 1 aromatic rings. The Morgan fingerprint density at radius 2 is 2.32 bits per heavy atom. The summed E-state index contributed by atoms with van der Waals surface area (Å²) in [4.78, 5) is 16.8. The number of ketones is 1. The molecule has 104 valence electrons. The number of carbonyl (C=O) groups is 1. The quantitative estimate of drug-likeness (QED) is 0.828. The van der Waals surface area contributed by atoms with Crippen molar-refractivity contribution in [3.63, 3.8) is 0 Å². The van der Waals surface area contributed by atoms with Gasteiger partial charge in [0.25, 0.3) is 0 Å². The van der Waals surface area contributed by atoms with E-state index in [0.29, 0.717) is 11.3 Å².